The van der Waals surface area contributed by atoms with Crippen LogP contribution in [-0.4, -0.2) is 0 Å². The van der Waals surface area contributed by atoms with E-state index < -0.39 is 40.1 Å². The largest absolute Gasteiger partial charge is 0.203 e. The van der Waals surface area contributed by atoms with Crippen LogP contribution in [0.2, 0.25) is 0 Å². The lowest BCUT2D eigenvalue weighted by Crippen LogP contribution is -2.15. The van der Waals surface area contributed by atoms with Gasteiger partial charge in [-0.2, -0.15) is 0 Å². The molecule has 20 heavy (non-hydrogen) atoms. The van der Waals surface area contributed by atoms with Gasteiger partial charge in [-0.25, -0.2) is 22.0 Å². The Balaban J connectivity index is 0.000000796. The summed E-state index contributed by atoms with van der Waals surface area (Å²) >= 11 is 0. The molecule has 0 unspecified atom stereocenters. The molecule has 5 heteroatoms. The Hall–Kier alpha value is -1.13. The van der Waals surface area contributed by atoms with Crippen molar-refractivity contribution in [2.45, 2.75) is 48.0 Å². The first kappa shape index (κ1) is 18.9. The molecule has 0 aromatic heterocycles. The summed E-state index contributed by atoms with van der Waals surface area (Å²) in [4.78, 5) is 0. The zero-order valence-corrected chi connectivity index (χ0v) is 12.7. The molecule has 0 nitrogen and oxygen atoms in total. The Labute approximate surface area is 117 Å². The van der Waals surface area contributed by atoms with E-state index in [0.29, 0.717) is 0 Å². The van der Waals surface area contributed by atoms with Crippen LogP contribution in [0, 0.1) is 40.4 Å². The smallest absolute Gasteiger partial charge is 0.200 e. The van der Waals surface area contributed by atoms with Gasteiger partial charge in [0.2, 0.25) is 5.82 Å². The SMILES string of the molecule is CC(C)(C)Cc1c(F)c(F)c(F)c(F)c1F.CC(C)C. The molecule has 0 N–H and O–H groups in total. The molecule has 0 saturated heterocycles. The summed E-state index contributed by atoms with van der Waals surface area (Å²) in [6.07, 6.45) is -0.223. The molecule has 0 saturated carbocycles. The standard InChI is InChI=1S/C11H11F5.C4H10/c1-11(2,3)4-5-6(12)8(14)10(16)9(15)7(5)13;1-4(2)3/h4H2,1-3H3;4H,1-3H3. The van der Waals surface area contributed by atoms with Crippen LogP contribution in [0.3, 0.4) is 0 Å². The summed E-state index contributed by atoms with van der Waals surface area (Å²) in [7, 11) is 0. The fourth-order valence-corrected chi connectivity index (χ4v) is 1.34. The highest BCUT2D eigenvalue weighted by Gasteiger charge is 2.27. The van der Waals surface area contributed by atoms with Crippen LogP contribution >= 0.6 is 0 Å². The molecule has 1 rings (SSSR count). The van der Waals surface area contributed by atoms with Gasteiger partial charge >= 0.3 is 0 Å². The Morgan fingerprint density at radius 3 is 1.20 bits per heavy atom. The molecular formula is C15H21F5. The summed E-state index contributed by atoms with van der Waals surface area (Å²) in [6, 6.07) is 0. The van der Waals surface area contributed by atoms with Crippen LogP contribution in [-0.2, 0) is 6.42 Å². The third-order valence-corrected chi connectivity index (χ3v) is 2.01. The van der Waals surface area contributed by atoms with E-state index in [1.165, 1.54) is 0 Å². The molecule has 0 fully saturated rings. The molecule has 0 radical (unpaired) electrons. The van der Waals surface area contributed by atoms with Crippen molar-refractivity contribution in [2.24, 2.45) is 11.3 Å². The van der Waals surface area contributed by atoms with E-state index in [1.54, 1.807) is 20.8 Å². The first-order valence-electron chi connectivity index (χ1n) is 6.38. The minimum Gasteiger partial charge on any atom is -0.203 e. The lowest BCUT2D eigenvalue weighted by atomic mass is 9.87. The van der Waals surface area contributed by atoms with E-state index in [4.69, 9.17) is 0 Å². The number of hydrogen-bond donors (Lipinski definition) is 0. The fourth-order valence-electron chi connectivity index (χ4n) is 1.34. The molecule has 0 amide bonds. The normalized spacial score (nSPS) is 11.4. The van der Waals surface area contributed by atoms with Gasteiger partial charge < -0.3 is 0 Å². The maximum absolute atomic E-state index is 13.2. The van der Waals surface area contributed by atoms with Crippen molar-refractivity contribution in [1.82, 2.24) is 0 Å². The van der Waals surface area contributed by atoms with Gasteiger partial charge in [-0.1, -0.05) is 41.5 Å². The third-order valence-electron chi connectivity index (χ3n) is 2.01. The maximum Gasteiger partial charge on any atom is 0.200 e. The van der Waals surface area contributed by atoms with Crippen LogP contribution in [0.5, 0.6) is 0 Å². The van der Waals surface area contributed by atoms with Gasteiger partial charge in [0.15, 0.2) is 23.3 Å². The molecule has 0 heterocycles. The van der Waals surface area contributed by atoms with E-state index in [9.17, 15) is 22.0 Å². The van der Waals surface area contributed by atoms with E-state index in [1.807, 2.05) is 0 Å². The van der Waals surface area contributed by atoms with Crippen molar-refractivity contribution in [3.05, 3.63) is 34.6 Å². The van der Waals surface area contributed by atoms with Crippen LogP contribution in [0.1, 0.15) is 47.1 Å². The van der Waals surface area contributed by atoms with Gasteiger partial charge in [-0.05, 0) is 17.8 Å². The molecule has 1 aromatic rings. The Kier molecular flexibility index (Phi) is 6.65. The average molecular weight is 296 g/mol. The number of halogens is 5. The van der Waals surface area contributed by atoms with Gasteiger partial charge in [-0.3, -0.25) is 0 Å². The maximum atomic E-state index is 13.2. The first-order chi connectivity index (χ1) is 8.88. The summed E-state index contributed by atoms with van der Waals surface area (Å²) < 4.78 is 64.8. The Morgan fingerprint density at radius 2 is 0.950 bits per heavy atom. The van der Waals surface area contributed by atoms with Crippen molar-refractivity contribution in [3.63, 3.8) is 0 Å². The second-order valence-corrected chi connectivity index (χ2v) is 6.52. The number of hydrogen-bond acceptors (Lipinski definition) is 0. The van der Waals surface area contributed by atoms with Crippen LogP contribution in [0.15, 0.2) is 0 Å². The average Bonchev–Trinajstić information content (AvgIpc) is 2.28. The van der Waals surface area contributed by atoms with Gasteiger partial charge in [0.05, 0.1) is 0 Å². The van der Waals surface area contributed by atoms with Gasteiger partial charge in [0.25, 0.3) is 0 Å². The molecular weight excluding hydrogens is 275 g/mol. The van der Waals surface area contributed by atoms with Crippen molar-refractivity contribution in [2.75, 3.05) is 0 Å². The van der Waals surface area contributed by atoms with E-state index in [-0.39, 0.29) is 6.42 Å². The fraction of sp³-hybridized carbons (Fsp3) is 0.600. The zero-order chi connectivity index (χ0) is 16.2. The molecule has 1 aromatic carbocycles. The molecule has 116 valence electrons. The quantitative estimate of drug-likeness (QED) is 0.358. The van der Waals surface area contributed by atoms with E-state index >= 15 is 0 Å². The highest BCUT2D eigenvalue weighted by atomic mass is 19.2. The van der Waals surface area contributed by atoms with Crippen LogP contribution in [0.4, 0.5) is 22.0 Å². The van der Waals surface area contributed by atoms with Gasteiger partial charge in [0, 0.05) is 5.56 Å². The van der Waals surface area contributed by atoms with Crippen molar-refractivity contribution >= 4 is 0 Å². The summed E-state index contributed by atoms with van der Waals surface area (Å²) in [5.74, 6) is -8.55. The number of benzene rings is 1. The number of rotatable bonds is 1. The lowest BCUT2D eigenvalue weighted by Gasteiger charge is -2.19. The summed E-state index contributed by atoms with van der Waals surface area (Å²) in [5.41, 5.74) is -1.33. The van der Waals surface area contributed by atoms with E-state index in [2.05, 4.69) is 20.8 Å². The zero-order valence-electron chi connectivity index (χ0n) is 12.7. The molecule has 0 bridgehead atoms. The minimum absolute atomic E-state index is 0.223. The second kappa shape index (κ2) is 7.04. The van der Waals surface area contributed by atoms with Gasteiger partial charge in [-0.15, -0.1) is 0 Å². The summed E-state index contributed by atoms with van der Waals surface area (Å²) in [5, 5.41) is 0. The molecule has 0 atom stereocenters. The first-order valence-corrected chi connectivity index (χ1v) is 6.38. The lowest BCUT2D eigenvalue weighted by molar-refractivity contribution is 0.344. The highest BCUT2D eigenvalue weighted by molar-refractivity contribution is 5.24. The Bertz CT molecular complexity index is 427. The minimum atomic E-state index is -2.12. The molecule has 0 aliphatic carbocycles. The van der Waals surface area contributed by atoms with Crippen molar-refractivity contribution < 1.29 is 22.0 Å². The Morgan fingerprint density at radius 1 is 0.700 bits per heavy atom. The predicted molar refractivity (Wildman–Crippen MR) is 69.9 cm³/mol. The summed E-state index contributed by atoms with van der Waals surface area (Å²) in [6.45, 7) is 11.4. The second-order valence-electron chi connectivity index (χ2n) is 6.52. The van der Waals surface area contributed by atoms with Crippen molar-refractivity contribution in [1.29, 1.82) is 0 Å². The molecule has 0 aliphatic rings. The van der Waals surface area contributed by atoms with Crippen LogP contribution < -0.4 is 0 Å². The van der Waals surface area contributed by atoms with Crippen LogP contribution in [0.25, 0.3) is 0 Å². The third kappa shape index (κ3) is 5.47. The molecule has 0 spiro atoms. The monoisotopic (exact) mass is 296 g/mol. The topological polar surface area (TPSA) is 0 Å². The predicted octanol–water partition coefficient (Wildman–Crippen LogP) is 5.63. The van der Waals surface area contributed by atoms with Crippen molar-refractivity contribution in [3.8, 4) is 0 Å². The van der Waals surface area contributed by atoms with Gasteiger partial charge in [0.1, 0.15) is 0 Å². The van der Waals surface area contributed by atoms with E-state index in [0.717, 1.165) is 5.92 Å². The molecule has 0 aliphatic heterocycles. The highest BCUT2D eigenvalue weighted by Crippen LogP contribution is 2.28.